The molecule has 0 spiro atoms. The van der Waals surface area contributed by atoms with Crippen molar-refractivity contribution < 1.29 is 9.90 Å². The molecule has 2 rings (SSSR count). The van der Waals surface area contributed by atoms with Gasteiger partial charge in [0.25, 0.3) is 0 Å². The first-order chi connectivity index (χ1) is 8.36. The van der Waals surface area contributed by atoms with Gasteiger partial charge in [0.1, 0.15) is 5.75 Å². The molecule has 1 aromatic rings. The molecular weight excluding hydrogens is 246 g/mol. The van der Waals surface area contributed by atoms with Crippen molar-refractivity contribution in [3.8, 4) is 5.75 Å². The van der Waals surface area contributed by atoms with Crippen molar-refractivity contribution in [3.05, 3.63) is 29.3 Å². The van der Waals surface area contributed by atoms with Crippen LogP contribution in [0.4, 0.5) is 0 Å². The lowest BCUT2D eigenvalue weighted by Crippen LogP contribution is -2.26. The van der Waals surface area contributed by atoms with Gasteiger partial charge in [-0.15, -0.1) is 11.8 Å². The van der Waals surface area contributed by atoms with Crippen LogP contribution in [0.2, 0.25) is 0 Å². The van der Waals surface area contributed by atoms with E-state index >= 15 is 0 Å². The first kappa shape index (κ1) is 13.3. The molecule has 1 aromatic carbocycles. The van der Waals surface area contributed by atoms with Gasteiger partial charge in [-0.1, -0.05) is 32.9 Å². The van der Waals surface area contributed by atoms with E-state index in [1.165, 1.54) is 0 Å². The Morgan fingerprint density at radius 2 is 2.17 bits per heavy atom. The summed E-state index contributed by atoms with van der Waals surface area (Å²) in [5, 5.41) is 13.0. The predicted octanol–water partition coefficient (Wildman–Crippen LogP) is 2.42. The minimum Gasteiger partial charge on any atom is -0.508 e. The first-order valence-corrected chi connectivity index (χ1v) is 7.14. The van der Waals surface area contributed by atoms with E-state index in [0.29, 0.717) is 11.5 Å². The van der Waals surface area contributed by atoms with E-state index in [4.69, 9.17) is 0 Å². The summed E-state index contributed by atoms with van der Waals surface area (Å²) in [4.78, 5) is 11.2. The molecule has 0 aromatic heterocycles. The van der Waals surface area contributed by atoms with Crippen LogP contribution in [-0.2, 0) is 16.6 Å². The fraction of sp³-hybridized carbons (Fsp3) is 0.500. The second kappa shape index (κ2) is 4.84. The zero-order valence-electron chi connectivity index (χ0n) is 11.0. The van der Waals surface area contributed by atoms with E-state index in [-0.39, 0.29) is 16.7 Å². The number of thioether (sulfide) groups is 1. The smallest absolute Gasteiger partial charge is 0.230 e. The van der Waals surface area contributed by atoms with Gasteiger partial charge in [0, 0.05) is 6.42 Å². The van der Waals surface area contributed by atoms with Gasteiger partial charge >= 0.3 is 0 Å². The fourth-order valence-electron chi connectivity index (χ4n) is 2.07. The molecule has 1 aliphatic rings. The summed E-state index contributed by atoms with van der Waals surface area (Å²) in [5.74, 6) is 1.00. The summed E-state index contributed by atoms with van der Waals surface area (Å²) in [6.07, 6.45) is 0.805. The third-order valence-corrected chi connectivity index (χ3v) is 4.14. The number of phenolic OH excluding ortho intramolecular Hbond substituents is 1. The number of nitrogens with one attached hydrogen (secondary N) is 1. The highest BCUT2D eigenvalue weighted by Gasteiger charge is 2.23. The molecule has 18 heavy (non-hydrogen) atoms. The SMILES string of the molecule is CC(C)(C)c1cc(CC2NC(=O)CS2)ccc1O. The van der Waals surface area contributed by atoms with Crippen molar-refractivity contribution >= 4 is 17.7 Å². The Morgan fingerprint density at radius 3 is 2.72 bits per heavy atom. The summed E-state index contributed by atoms with van der Waals surface area (Å²) in [7, 11) is 0. The number of hydrogen-bond acceptors (Lipinski definition) is 3. The molecule has 0 saturated carbocycles. The average molecular weight is 265 g/mol. The van der Waals surface area contributed by atoms with E-state index in [1.807, 2.05) is 12.1 Å². The Hall–Kier alpha value is -1.16. The molecule has 0 aliphatic carbocycles. The number of hydrogen-bond donors (Lipinski definition) is 2. The largest absolute Gasteiger partial charge is 0.508 e. The second-order valence-electron chi connectivity index (χ2n) is 5.67. The van der Waals surface area contributed by atoms with Crippen LogP contribution < -0.4 is 5.32 Å². The number of phenols is 1. The molecule has 0 bridgehead atoms. The van der Waals surface area contributed by atoms with Crippen LogP contribution in [0.1, 0.15) is 31.9 Å². The molecule has 1 heterocycles. The van der Waals surface area contributed by atoms with Crippen LogP contribution in [0, 0.1) is 0 Å². The maximum Gasteiger partial charge on any atom is 0.230 e. The van der Waals surface area contributed by atoms with E-state index in [1.54, 1.807) is 17.8 Å². The summed E-state index contributed by atoms with van der Waals surface area (Å²) >= 11 is 1.64. The Morgan fingerprint density at radius 1 is 1.44 bits per heavy atom. The number of amides is 1. The van der Waals surface area contributed by atoms with E-state index in [2.05, 4.69) is 26.1 Å². The maximum absolute atomic E-state index is 11.2. The minimum atomic E-state index is -0.0772. The molecule has 3 nitrogen and oxygen atoms in total. The Labute approximate surface area is 112 Å². The summed E-state index contributed by atoms with van der Waals surface area (Å²) in [6.45, 7) is 6.24. The van der Waals surface area contributed by atoms with E-state index < -0.39 is 0 Å². The molecule has 1 saturated heterocycles. The zero-order valence-corrected chi connectivity index (χ0v) is 11.8. The summed E-state index contributed by atoms with van der Waals surface area (Å²) in [5.41, 5.74) is 2.03. The quantitative estimate of drug-likeness (QED) is 0.863. The van der Waals surface area contributed by atoms with E-state index in [9.17, 15) is 9.90 Å². The lowest BCUT2D eigenvalue weighted by molar-refractivity contribution is -0.118. The van der Waals surface area contributed by atoms with Gasteiger partial charge in [0.2, 0.25) is 5.91 Å². The van der Waals surface area contributed by atoms with Crippen molar-refractivity contribution in [2.45, 2.75) is 38.0 Å². The van der Waals surface area contributed by atoms with Crippen LogP contribution in [0.5, 0.6) is 5.75 Å². The second-order valence-corrected chi connectivity index (χ2v) is 6.86. The van der Waals surface area contributed by atoms with Crippen LogP contribution in [0.3, 0.4) is 0 Å². The number of rotatable bonds is 2. The van der Waals surface area contributed by atoms with Gasteiger partial charge in [0.05, 0.1) is 11.1 Å². The maximum atomic E-state index is 11.2. The molecule has 4 heteroatoms. The van der Waals surface area contributed by atoms with Crippen LogP contribution >= 0.6 is 11.8 Å². The monoisotopic (exact) mass is 265 g/mol. The van der Waals surface area contributed by atoms with Gasteiger partial charge in [-0.05, 0) is 22.6 Å². The molecule has 0 radical (unpaired) electrons. The van der Waals surface area contributed by atoms with Crippen molar-refractivity contribution in [3.63, 3.8) is 0 Å². The predicted molar refractivity (Wildman–Crippen MR) is 74.9 cm³/mol. The van der Waals surface area contributed by atoms with Crippen molar-refractivity contribution in [1.29, 1.82) is 0 Å². The van der Waals surface area contributed by atoms with E-state index in [0.717, 1.165) is 17.5 Å². The normalized spacial score (nSPS) is 19.9. The van der Waals surface area contributed by atoms with Crippen LogP contribution in [0.15, 0.2) is 18.2 Å². The number of carbonyl (C=O) groups is 1. The Bertz CT molecular complexity index is 465. The van der Waals surface area contributed by atoms with Crippen LogP contribution in [0.25, 0.3) is 0 Å². The molecule has 1 amide bonds. The molecule has 1 atom stereocenters. The highest BCUT2D eigenvalue weighted by Crippen LogP contribution is 2.32. The minimum absolute atomic E-state index is 0.0772. The molecule has 1 aliphatic heterocycles. The number of benzene rings is 1. The molecule has 1 fully saturated rings. The lowest BCUT2D eigenvalue weighted by atomic mass is 9.85. The van der Waals surface area contributed by atoms with Gasteiger partial charge in [-0.3, -0.25) is 4.79 Å². The molecule has 98 valence electrons. The molecule has 1 unspecified atom stereocenters. The van der Waals surface area contributed by atoms with Gasteiger partial charge in [0.15, 0.2) is 0 Å². The zero-order chi connectivity index (χ0) is 13.3. The highest BCUT2D eigenvalue weighted by molar-refractivity contribution is 8.01. The third kappa shape index (κ3) is 2.99. The first-order valence-electron chi connectivity index (χ1n) is 6.09. The van der Waals surface area contributed by atoms with Crippen molar-refractivity contribution in [2.24, 2.45) is 0 Å². The Kier molecular flexibility index (Phi) is 3.57. The van der Waals surface area contributed by atoms with Gasteiger partial charge in [-0.25, -0.2) is 0 Å². The summed E-state index contributed by atoms with van der Waals surface area (Å²) in [6, 6.07) is 5.72. The number of carbonyl (C=O) groups excluding carboxylic acids is 1. The Balaban J connectivity index is 2.17. The lowest BCUT2D eigenvalue weighted by Gasteiger charge is -2.21. The average Bonchev–Trinajstić information content (AvgIpc) is 2.65. The van der Waals surface area contributed by atoms with Crippen molar-refractivity contribution in [1.82, 2.24) is 5.32 Å². The topological polar surface area (TPSA) is 49.3 Å². The summed E-state index contributed by atoms with van der Waals surface area (Å²) < 4.78 is 0. The number of aromatic hydroxyl groups is 1. The standard InChI is InChI=1S/C14H19NO2S/c1-14(2,3)10-6-9(4-5-11(10)16)7-13-15-12(17)8-18-13/h4-6,13,16H,7-8H2,1-3H3,(H,15,17). The van der Waals surface area contributed by atoms with Crippen molar-refractivity contribution in [2.75, 3.05) is 5.75 Å². The van der Waals surface area contributed by atoms with Crippen LogP contribution in [-0.4, -0.2) is 22.1 Å². The molecular formula is C14H19NO2S. The molecule has 2 N–H and O–H groups in total. The van der Waals surface area contributed by atoms with Gasteiger partial charge < -0.3 is 10.4 Å². The third-order valence-electron chi connectivity index (χ3n) is 3.03. The van der Waals surface area contributed by atoms with Gasteiger partial charge in [-0.2, -0.15) is 0 Å². The fourth-order valence-corrected chi connectivity index (χ4v) is 3.04. The highest BCUT2D eigenvalue weighted by atomic mass is 32.2.